The van der Waals surface area contributed by atoms with Crippen molar-refractivity contribution < 1.29 is 14.4 Å². The lowest BCUT2D eigenvalue weighted by atomic mass is 9.77. The molecule has 1 saturated heterocycles. The first-order valence-electron chi connectivity index (χ1n) is 9.82. The van der Waals surface area contributed by atoms with Crippen molar-refractivity contribution in [3.8, 4) is 0 Å². The van der Waals surface area contributed by atoms with Gasteiger partial charge in [-0.3, -0.25) is 24.2 Å². The molecule has 2 aliphatic rings. The van der Waals surface area contributed by atoms with E-state index >= 15 is 0 Å². The van der Waals surface area contributed by atoms with Crippen LogP contribution in [-0.2, 0) is 16.1 Å². The van der Waals surface area contributed by atoms with Gasteiger partial charge >= 0.3 is 6.03 Å². The molecule has 2 N–H and O–H groups in total. The van der Waals surface area contributed by atoms with Crippen molar-refractivity contribution >= 4 is 23.7 Å². The summed E-state index contributed by atoms with van der Waals surface area (Å²) >= 11 is 0. The van der Waals surface area contributed by atoms with Gasteiger partial charge < -0.3 is 10.6 Å². The van der Waals surface area contributed by atoms with Gasteiger partial charge in [-0.15, -0.1) is 0 Å². The molecule has 0 radical (unpaired) electrons. The summed E-state index contributed by atoms with van der Waals surface area (Å²) in [5.41, 5.74) is 0.00799. The lowest BCUT2D eigenvalue weighted by Gasteiger charge is -2.33. The Hall–Kier alpha value is -3.23. The zero-order valence-corrected chi connectivity index (χ0v) is 16.3. The summed E-state index contributed by atoms with van der Waals surface area (Å²) < 4.78 is 1.66. The van der Waals surface area contributed by atoms with Crippen molar-refractivity contribution in [2.45, 2.75) is 44.7 Å². The molecule has 1 spiro atoms. The molecule has 2 fully saturated rings. The lowest BCUT2D eigenvalue weighted by molar-refractivity contribution is -0.135. The maximum atomic E-state index is 12.8. The number of anilines is 1. The molecule has 0 bridgehead atoms. The number of nitrogens with one attached hydrogen (secondary N) is 2. The largest absolute Gasteiger partial charge is 0.325 e. The molecule has 9 heteroatoms. The van der Waals surface area contributed by atoms with Crippen molar-refractivity contribution in [1.29, 1.82) is 0 Å². The fourth-order valence-electron chi connectivity index (χ4n) is 3.91. The van der Waals surface area contributed by atoms with Crippen LogP contribution in [0.4, 0.5) is 10.6 Å². The highest BCUT2D eigenvalue weighted by molar-refractivity contribution is 6.10. The van der Waals surface area contributed by atoms with Gasteiger partial charge in [-0.05, 0) is 43.7 Å². The Labute approximate surface area is 168 Å². The van der Waals surface area contributed by atoms with Gasteiger partial charge in [-0.2, -0.15) is 5.10 Å². The van der Waals surface area contributed by atoms with E-state index in [0.717, 1.165) is 23.4 Å². The van der Waals surface area contributed by atoms with Crippen molar-refractivity contribution in [3.63, 3.8) is 0 Å². The summed E-state index contributed by atoms with van der Waals surface area (Å²) in [5, 5.41) is 9.76. The minimum atomic E-state index is -0.839. The van der Waals surface area contributed by atoms with E-state index in [4.69, 9.17) is 0 Å². The Balaban J connectivity index is 1.35. The van der Waals surface area contributed by atoms with Gasteiger partial charge in [0.25, 0.3) is 5.91 Å². The summed E-state index contributed by atoms with van der Waals surface area (Å²) in [5.74, 6) is 0.145. The second kappa shape index (κ2) is 7.65. The number of carbonyl (C=O) groups is 3. The summed E-state index contributed by atoms with van der Waals surface area (Å²) in [6.07, 6.45) is 6.46. The molecule has 1 saturated carbocycles. The van der Waals surface area contributed by atoms with Gasteiger partial charge in [0.2, 0.25) is 5.91 Å². The fraction of sp³-hybridized carbons (Fsp3) is 0.450. The molecule has 152 valence electrons. The number of carbonyl (C=O) groups excluding carboxylic acids is 3. The highest BCUT2D eigenvalue weighted by Gasteiger charge is 2.52. The Kier molecular flexibility index (Phi) is 5.04. The van der Waals surface area contributed by atoms with Crippen LogP contribution < -0.4 is 10.6 Å². The second-order valence-electron chi connectivity index (χ2n) is 7.85. The molecule has 0 atom stereocenters. The Bertz CT molecular complexity index is 917. The first kappa shape index (κ1) is 19.1. The molecule has 1 aliphatic heterocycles. The smallest absolute Gasteiger partial charge is 0.323 e. The molecule has 0 aromatic carbocycles. The third kappa shape index (κ3) is 3.98. The van der Waals surface area contributed by atoms with Crippen LogP contribution in [0.1, 0.15) is 38.3 Å². The van der Waals surface area contributed by atoms with Crippen LogP contribution in [-0.4, -0.2) is 49.6 Å². The number of nitrogens with zero attached hydrogens (tertiary/aromatic N) is 4. The molecular formula is C20H24N6O3. The molecule has 3 heterocycles. The Morgan fingerprint density at radius 2 is 2.07 bits per heavy atom. The van der Waals surface area contributed by atoms with Crippen LogP contribution >= 0.6 is 0 Å². The highest BCUT2D eigenvalue weighted by atomic mass is 16.2. The molecule has 1 aliphatic carbocycles. The third-order valence-electron chi connectivity index (χ3n) is 5.63. The maximum absolute atomic E-state index is 12.8. The topological polar surface area (TPSA) is 109 Å². The van der Waals surface area contributed by atoms with Gasteiger partial charge in [0.05, 0.1) is 12.2 Å². The standard InChI is InChI=1S/C20H24N6O3/c1-14-5-8-20(9-6-14)18(28)26(19(29)23-20)13-17(27)22-16-7-11-25(24-16)12-15-4-2-3-10-21-15/h2-4,7,10-11,14H,5-6,8-9,12-13H2,1H3,(H,23,29)(H,22,24,27). The van der Waals surface area contributed by atoms with E-state index in [1.165, 1.54) is 0 Å². The van der Waals surface area contributed by atoms with E-state index in [1.54, 1.807) is 23.1 Å². The predicted octanol–water partition coefficient (Wildman–Crippen LogP) is 1.77. The van der Waals surface area contributed by atoms with E-state index in [0.29, 0.717) is 31.1 Å². The summed E-state index contributed by atoms with van der Waals surface area (Å²) in [6, 6.07) is 6.79. The van der Waals surface area contributed by atoms with Crippen molar-refractivity contribution in [3.05, 3.63) is 42.4 Å². The van der Waals surface area contributed by atoms with Crippen LogP contribution in [0.15, 0.2) is 36.7 Å². The van der Waals surface area contributed by atoms with Gasteiger partial charge in [0.1, 0.15) is 12.1 Å². The number of aromatic nitrogens is 3. The summed E-state index contributed by atoms with van der Waals surface area (Å²) in [4.78, 5) is 42.8. The van der Waals surface area contributed by atoms with E-state index in [2.05, 4.69) is 27.6 Å². The Morgan fingerprint density at radius 3 is 2.79 bits per heavy atom. The van der Waals surface area contributed by atoms with Crippen molar-refractivity contribution in [1.82, 2.24) is 25.0 Å². The number of hydrogen-bond acceptors (Lipinski definition) is 5. The minimum absolute atomic E-state index is 0.301. The predicted molar refractivity (Wildman–Crippen MR) is 105 cm³/mol. The zero-order chi connectivity index (χ0) is 20.4. The number of hydrogen-bond donors (Lipinski definition) is 2. The third-order valence-corrected chi connectivity index (χ3v) is 5.63. The van der Waals surface area contributed by atoms with Crippen molar-refractivity contribution in [2.75, 3.05) is 11.9 Å². The zero-order valence-electron chi connectivity index (χ0n) is 16.3. The van der Waals surface area contributed by atoms with E-state index in [1.807, 2.05) is 18.2 Å². The lowest BCUT2D eigenvalue weighted by Crippen LogP contribution is -2.49. The molecule has 4 amide bonds. The summed E-state index contributed by atoms with van der Waals surface area (Å²) in [6.45, 7) is 2.30. The number of urea groups is 1. The number of rotatable bonds is 5. The molecule has 4 rings (SSSR count). The average molecular weight is 396 g/mol. The molecule has 2 aromatic rings. The fourth-order valence-corrected chi connectivity index (χ4v) is 3.91. The normalized spacial score (nSPS) is 24.0. The van der Waals surface area contributed by atoms with Crippen LogP contribution in [0.25, 0.3) is 0 Å². The van der Waals surface area contributed by atoms with Gasteiger partial charge in [-0.25, -0.2) is 4.79 Å². The second-order valence-corrected chi connectivity index (χ2v) is 7.85. The summed E-state index contributed by atoms with van der Waals surface area (Å²) in [7, 11) is 0. The first-order valence-corrected chi connectivity index (χ1v) is 9.82. The molecule has 0 unspecified atom stereocenters. The monoisotopic (exact) mass is 396 g/mol. The van der Waals surface area contributed by atoms with E-state index < -0.39 is 17.5 Å². The minimum Gasteiger partial charge on any atom is -0.323 e. The van der Waals surface area contributed by atoms with E-state index in [9.17, 15) is 14.4 Å². The Morgan fingerprint density at radius 1 is 1.28 bits per heavy atom. The number of amides is 4. The molecule has 2 aromatic heterocycles. The SMILES string of the molecule is CC1CCC2(CC1)NC(=O)N(CC(=O)Nc1ccn(Cc3ccccn3)n1)C2=O. The van der Waals surface area contributed by atoms with Crippen LogP contribution in [0.5, 0.6) is 0 Å². The number of pyridine rings is 1. The van der Waals surface area contributed by atoms with E-state index in [-0.39, 0.29) is 12.5 Å². The average Bonchev–Trinajstić information content (AvgIpc) is 3.23. The van der Waals surface area contributed by atoms with Crippen LogP contribution in [0.3, 0.4) is 0 Å². The molecule has 9 nitrogen and oxygen atoms in total. The first-order chi connectivity index (χ1) is 13.9. The number of imide groups is 1. The van der Waals surface area contributed by atoms with Gasteiger partial charge in [-0.1, -0.05) is 13.0 Å². The van der Waals surface area contributed by atoms with Gasteiger partial charge in [0.15, 0.2) is 5.82 Å². The van der Waals surface area contributed by atoms with Crippen LogP contribution in [0.2, 0.25) is 0 Å². The van der Waals surface area contributed by atoms with Gasteiger partial charge in [0, 0.05) is 18.5 Å². The van der Waals surface area contributed by atoms with Crippen LogP contribution in [0, 0.1) is 5.92 Å². The van der Waals surface area contributed by atoms with Crippen molar-refractivity contribution in [2.24, 2.45) is 5.92 Å². The molecule has 29 heavy (non-hydrogen) atoms. The quantitative estimate of drug-likeness (QED) is 0.749. The highest BCUT2D eigenvalue weighted by Crippen LogP contribution is 2.36. The maximum Gasteiger partial charge on any atom is 0.325 e. The molecular weight excluding hydrogens is 372 g/mol.